The molecule has 0 saturated carbocycles. The van der Waals surface area contributed by atoms with E-state index in [2.05, 4.69) is 0 Å². The predicted octanol–water partition coefficient (Wildman–Crippen LogP) is -0.194. The number of hydrogen-bond acceptors (Lipinski definition) is 4. The Morgan fingerprint density at radius 1 is 1.33 bits per heavy atom. The molecule has 0 aliphatic rings. The molecule has 12 heavy (non-hydrogen) atoms. The number of para-hydroxylation sites is 1. The van der Waals surface area contributed by atoms with Gasteiger partial charge in [0.15, 0.2) is 0 Å². The monoisotopic (exact) mass is 186 g/mol. The molecule has 1 rings (SSSR count). The zero-order valence-electron chi connectivity index (χ0n) is 6.14. The third-order valence-electron chi connectivity index (χ3n) is 1.36. The van der Waals surface area contributed by atoms with Gasteiger partial charge in [0.2, 0.25) is 0 Å². The lowest BCUT2D eigenvalue weighted by molar-refractivity contribution is -0.314. The van der Waals surface area contributed by atoms with E-state index in [0.29, 0.717) is 0 Å². The van der Waals surface area contributed by atoms with Crippen LogP contribution in [0.15, 0.2) is 24.3 Å². The minimum atomic E-state index is -4.57. The van der Waals surface area contributed by atoms with Crippen molar-refractivity contribution in [3.8, 4) is 5.75 Å². The average molecular weight is 186 g/mol. The summed E-state index contributed by atoms with van der Waals surface area (Å²) in [7, 11) is -4.57. The Labute approximate surface area is 69.6 Å². The summed E-state index contributed by atoms with van der Waals surface area (Å²) < 4.78 is 10.3. The Hall–Kier alpha value is -0.830. The van der Waals surface area contributed by atoms with Gasteiger partial charge >= 0.3 is 0 Å². The highest BCUT2D eigenvalue weighted by Crippen LogP contribution is 2.32. The van der Waals surface area contributed by atoms with Gasteiger partial charge in [0.1, 0.15) is 5.75 Å². The van der Waals surface area contributed by atoms with Crippen molar-refractivity contribution in [2.75, 3.05) is 0 Å². The van der Waals surface area contributed by atoms with E-state index in [-0.39, 0.29) is 11.3 Å². The lowest BCUT2D eigenvalue weighted by Crippen LogP contribution is -2.15. The van der Waals surface area contributed by atoms with Gasteiger partial charge in [-0.3, -0.25) is 0 Å². The van der Waals surface area contributed by atoms with E-state index >= 15 is 0 Å². The van der Waals surface area contributed by atoms with E-state index in [0.717, 1.165) is 0 Å². The zero-order valence-corrected chi connectivity index (χ0v) is 7.03. The molecule has 0 unspecified atom stereocenters. The largest absolute Gasteiger partial charge is 0.810 e. The average Bonchev–Trinajstić information content (AvgIpc) is 1.91. The summed E-state index contributed by atoms with van der Waals surface area (Å²) in [5.41, 5.74) is 0.144. The maximum absolute atomic E-state index is 10.3. The summed E-state index contributed by atoms with van der Waals surface area (Å²) in [6, 6.07) is 5.85. The molecule has 0 saturated heterocycles. The van der Waals surface area contributed by atoms with Gasteiger partial charge < -0.3 is 19.5 Å². The third kappa shape index (κ3) is 2.66. The molecule has 0 heterocycles. The van der Waals surface area contributed by atoms with Gasteiger partial charge in [-0.15, -0.1) is 0 Å². The first-order chi connectivity index (χ1) is 5.49. The molecule has 1 aromatic rings. The maximum atomic E-state index is 10.3. The topological polar surface area (TPSA) is 83.4 Å². The van der Waals surface area contributed by atoms with Crippen molar-refractivity contribution < 1.29 is 19.5 Å². The Balaban J connectivity index is 2.90. The molecule has 5 heteroatoms. The van der Waals surface area contributed by atoms with Crippen LogP contribution < -0.4 is 9.79 Å². The van der Waals surface area contributed by atoms with Crippen molar-refractivity contribution in [3.63, 3.8) is 0 Å². The number of benzene rings is 1. The fraction of sp³-hybridized carbons (Fsp3) is 0.143. The predicted molar refractivity (Wildman–Crippen MR) is 39.4 cm³/mol. The van der Waals surface area contributed by atoms with Gasteiger partial charge in [0, 0.05) is 6.16 Å². The van der Waals surface area contributed by atoms with Gasteiger partial charge in [-0.25, -0.2) is 0 Å². The number of phenols is 1. The summed E-state index contributed by atoms with van der Waals surface area (Å²) >= 11 is 0. The number of aromatic hydroxyl groups is 1. The Kier molecular flexibility index (Phi) is 2.52. The summed E-state index contributed by atoms with van der Waals surface area (Å²) in [6.45, 7) is 0. The van der Waals surface area contributed by atoms with Crippen LogP contribution in [0.2, 0.25) is 0 Å². The van der Waals surface area contributed by atoms with Crippen LogP contribution in [0.25, 0.3) is 0 Å². The van der Waals surface area contributed by atoms with Crippen LogP contribution in [0.1, 0.15) is 5.56 Å². The Bertz CT molecular complexity index is 317. The second-order valence-corrected chi connectivity index (χ2v) is 3.94. The molecule has 0 aromatic heterocycles. The highest BCUT2D eigenvalue weighted by molar-refractivity contribution is 7.47. The molecule has 1 aromatic carbocycles. The molecule has 1 N–H and O–H groups in total. The fourth-order valence-electron chi connectivity index (χ4n) is 0.853. The van der Waals surface area contributed by atoms with Crippen molar-refractivity contribution >= 4 is 7.60 Å². The number of hydrogen-bond donors (Lipinski definition) is 1. The molecule has 0 amide bonds. The van der Waals surface area contributed by atoms with Crippen LogP contribution in [-0.2, 0) is 10.7 Å². The fourth-order valence-corrected chi connectivity index (χ4v) is 1.54. The summed E-state index contributed by atoms with van der Waals surface area (Å²) in [5.74, 6) is -0.163. The van der Waals surface area contributed by atoms with Crippen LogP contribution in [-0.4, -0.2) is 5.11 Å². The number of rotatable bonds is 2. The number of phenolic OH excluding ortho intramolecular Hbond substituents is 1. The first kappa shape index (κ1) is 9.26. The van der Waals surface area contributed by atoms with Gasteiger partial charge in [0.05, 0.1) is 0 Å². The molecule has 0 radical (unpaired) electrons. The molecule has 0 aliphatic carbocycles. The standard InChI is InChI=1S/C7H9O4P/c8-7-4-2-1-3-6(7)5-12(9,10)11/h1-4,8H,5H2,(H2,9,10,11)/p-2. The van der Waals surface area contributed by atoms with Crippen LogP contribution in [0.5, 0.6) is 5.75 Å². The SMILES string of the molecule is O=P([O-])([O-])Cc1ccccc1O. The molecular formula is C7H7O4P-2. The summed E-state index contributed by atoms with van der Waals surface area (Å²) in [4.78, 5) is 20.6. The minimum absolute atomic E-state index is 0.144. The smallest absolute Gasteiger partial charge is 0.119 e. The molecule has 66 valence electrons. The van der Waals surface area contributed by atoms with E-state index in [1.807, 2.05) is 0 Å². The quantitative estimate of drug-likeness (QED) is 0.648. The van der Waals surface area contributed by atoms with E-state index in [9.17, 15) is 14.4 Å². The van der Waals surface area contributed by atoms with Crippen molar-refractivity contribution in [2.24, 2.45) is 0 Å². The second kappa shape index (κ2) is 3.27. The Morgan fingerprint density at radius 2 is 1.92 bits per heavy atom. The van der Waals surface area contributed by atoms with E-state index in [4.69, 9.17) is 5.11 Å². The van der Waals surface area contributed by atoms with Crippen molar-refractivity contribution in [3.05, 3.63) is 29.8 Å². The zero-order chi connectivity index (χ0) is 9.19. The summed E-state index contributed by atoms with van der Waals surface area (Å²) in [5, 5.41) is 9.07. The highest BCUT2D eigenvalue weighted by atomic mass is 31.2. The molecule has 4 nitrogen and oxygen atoms in total. The summed E-state index contributed by atoms with van der Waals surface area (Å²) in [6.07, 6.45) is -0.639. The van der Waals surface area contributed by atoms with Crippen LogP contribution in [0.4, 0.5) is 0 Å². The van der Waals surface area contributed by atoms with Crippen molar-refractivity contribution in [2.45, 2.75) is 6.16 Å². The normalized spacial score (nSPS) is 11.5. The van der Waals surface area contributed by atoms with Gasteiger partial charge in [0.25, 0.3) is 0 Å². The van der Waals surface area contributed by atoms with Crippen LogP contribution >= 0.6 is 7.60 Å². The van der Waals surface area contributed by atoms with Crippen molar-refractivity contribution in [1.29, 1.82) is 0 Å². The first-order valence-corrected chi connectivity index (χ1v) is 5.00. The minimum Gasteiger partial charge on any atom is -0.810 e. The van der Waals surface area contributed by atoms with Crippen molar-refractivity contribution in [1.82, 2.24) is 0 Å². The lowest BCUT2D eigenvalue weighted by atomic mass is 10.2. The van der Waals surface area contributed by atoms with Gasteiger partial charge in [-0.05, 0) is 11.6 Å². The maximum Gasteiger partial charge on any atom is 0.119 e. The van der Waals surface area contributed by atoms with E-state index in [1.54, 1.807) is 12.1 Å². The molecular weight excluding hydrogens is 179 g/mol. The molecule has 0 bridgehead atoms. The Morgan fingerprint density at radius 3 is 2.42 bits per heavy atom. The van der Waals surface area contributed by atoms with Crippen LogP contribution in [0, 0.1) is 0 Å². The third-order valence-corrected chi connectivity index (χ3v) is 2.08. The van der Waals surface area contributed by atoms with E-state index in [1.165, 1.54) is 12.1 Å². The van der Waals surface area contributed by atoms with Gasteiger partial charge in [-0.1, -0.05) is 25.8 Å². The van der Waals surface area contributed by atoms with Crippen LogP contribution in [0.3, 0.4) is 0 Å². The molecule has 0 spiro atoms. The molecule has 0 atom stereocenters. The lowest BCUT2D eigenvalue weighted by Gasteiger charge is -2.29. The molecule has 0 fully saturated rings. The first-order valence-electron chi connectivity index (χ1n) is 3.27. The highest BCUT2D eigenvalue weighted by Gasteiger charge is 2.00. The van der Waals surface area contributed by atoms with Gasteiger partial charge in [-0.2, -0.15) is 0 Å². The molecule has 0 aliphatic heterocycles. The van der Waals surface area contributed by atoms with E-state index < -0.39 is 13.8 Å². The second-order valence-electron chi connectivity index (χ2n) is 2.40.